The lowest BCUT2D eigenvalue weighted by Crippen LogP contribution is -2.21. The molecular weight excluding hydrogens is 300 g/mol. The summed E-state index contributed by atoms with van der Waals surface area (Å²) in [6.45, 7) is 4.53. The van der Waals surface area contributed by atoms with Crippen molar-refractivity contribution in [1.82, 2.24) is 0 Å². The highest BCUT2D eigenvalue weighted by molar-refractivity contribution is 5.70. The number of benzene rings is 1. The summed E-state index contributed by atoms with van der Waals surface area (Å²) in [4.78, 5) is 22.6. The van der Waals surface area contributed by atoms with Gasteiger partial charge < -0.3 is 18.9 Å². The highest BCUT2D eigenvalue weighted by Crippen LogP contribution is 2.16. The molecule has 1 rings (SSSR count). The molecule has 0 saturated carbocycles. The van der Waals surface area contributed by atoms with Gasteiger partial charge in [-0.15, -0.1) is 0 Å². The predicted octanol–water partition coefficient (Wildman–Crippen LogP) is 1.93. The van der Waals surface area contributed by atoms with E-state index in [4.69, 9.17) is 18.9 Å². The van der Waals surface area contributed by atoms with E-state index >= 15 is 0 Å². The van der Waals surface area contributed by atoms with E-state index in [0.29, 0.717) is 26.4 Å². The molecule has 0 spiro atoms. The van der Waals surface area contributed by atoms with Crippen molar-refractivity contribution < 1.29 is 28.5 Å². The zero-order valence-corrected chi connectivity index (χ0v) is 13.7. The molecule has 6 nitrogen and oxygen atoms in total. The molecule has 6 heteroatoms. The molecule has 0 radical (unpaired) electrons. The average molecular weight is 324 g/mol. The van der Waals surface area contributed by atoms with Crippen LogP contribution < -0.4 is 0 Å². The third-order valence-corrected chi connectivity index (χ3v) is 2.96. The van der Waals surface area contributed by atoms with Crippen LogP contribution in [0.25, 0.3) is 0 Å². The summed E-state index contributed by atoms with van der Waals surface area (Å²) in [6, 6.07) is 9.65. The molecule has 128 valence electrons. The number of hydrogen-bond acceptors (Lipinski definition) is 6. The quantitative estimate of drug-likeness (QED) is 0.579. The molecule has 0 bridgehead atoms. The lowest BCUT2D eigenvalue weighted by atomic mass is 10.0. The molecule has 0 unspecified atom stereocenters. The van der Waals surface area contributed by atoms with Crippen LogP contribution in [0.3, 0.4) is 0 Å². The number of ether oxygens (including phenoxy) is 4. The Morgan fingerprint density at radius 2 is 1.35 bits per heavy atom. The minimum atomic E-state index is -0.397. The molecule has 1 aromatic rings. The van der Waals surface area contributed by atoms with Gasteiger partial charge >= 0.3 is 11.9 Å². The van der Waals surface area contributed by atoms with Gasteiger partial charge in [-0.2, -0.15) is 0 Å². The van der Waals surface area contributed by atoms with Crippen LogP contribution in [-0.2, 0) is 28.5 Å². The first kappa shape index (κ1) is 19.1. The summed E-state index contributed by atoms with van der Waals surface area (Å²) in [5, 5.41) is 0. The fourth-order valence-electron chi connectivity index (χ4n) is 1.94. The number of carbonyl (C=O) groups is 2. The molecular formula is C17H24O6. The van der Waals surface area contributed by atoms with Crippen molar-refractivity contribution in [1.29, 1.82) is 0 Å². The smallest absolute Gasteiger partial charge is 0.332 e. The molecule has 1 aromatic carbocycles. The molecule has 0 amide bonds. The molecule has 0 heterocycles. The maximum atomic E-state index is 11.3. The van der Waals surface area contributed by atoms with E-state index < -0.39 is 11.9 Å². The van der Waals surface area contributed by atoms with Crippen molar-refractivity contribution >= 4 is 11.9 Å². The molecule has 0 fully saturated rings. The maximum absolute atomic E-state index is 11.3. The van der Waals surface area contributed by atoms with Gasteiger partial charge in [0.2, 0.25) is 0 Å². The molecule has 0 aliphatic carbocycles. The number of hydrogen-bond donors (Lipinski definition) is 0. The lowest BCUT2D eigenvalue weighted by Gasteiger charge is -2.17. The van der Waals surface area contributed by atoms with E-state index in [1.54, 1.807) is 13.8 Å². The summed E-state index contributed by atoms with van der Waals surface area (Å²) in [5.41, 5.74) is 1.01. The van der Waals surface area contributed by atoms with E-state index in [1.165, 1.54) is 0 Å². The Labute approximate surface area is 136 Å². The van der Waals surface area contributed by atoms with Crippen LogP contribution in [0.2, 0.25) is 0 Å². The normalized spacial score (nSPS) is 10.6. The van der Waals surface area contributed by atoms with Crippen molar-refractivity contribution in [2.45, 2.75) is 19.8 Å². The fraction of sp³-hybridized carbons (Fsp3) is 0.529. The molecule has 0 aromatic heterocycles. The van der Waals surface area contributed by atoms with Crippen LogP contribution in [0.5, 0.6) is 0 Å². The lowest BCUT2D eigenvalue weighted by molar-refractivity contribution is -0.149. The van der Waals surface area contributed by atoms with Gasteiger partial charge in [-0.05, 0) is 19.4 Å². The Balaban J connectivity index is 2.47. The van der Waals surface area contributed by atoms with Gasteiger partial charge in [0, 0.05) is 5.92 Å². The van der Waals surface area contributed by atoms with E-state index in [2.05, 4.69) is 0 Å². The highest BCUT2D eigenvalue weighted by atomic mass is 16.6. The zero-order chi connectivity index (χ0) is 16.9. The van der Waals surface area contributed by atoms with Gasteiger partial charge in [0.25, 0.3) is 0 Å². The van der Waals surface area contributed by atoms with Crippen molar-refractivity contribution in [2.24, 2.45) is 0 Å². The third-order valence-electron chi connectivity index (χ3n) is 2.96. The second-order valence-corrected chi connectivity index (χ2v) is 4.75. The Morgan fingerprint density at radius 3 is 1.78 bits per heavy atom. The predicted molar refractivity (Wildman–Crippen MR) is 84.1 cm³/mol. The number of esters is 2. The Morgan fingerprint density at radius 1 is 0.870 bits per heavy atom. The third kappa shape index (κ3) is 8.32. The van der Waals surface area contributed by atoms with Crippen LogP contribution in [-0.4, -0.2) is 51.6 Å². The van der Waals surface area contributed by atoms with Gasteiger partial charge in [0.15, 0.2) is 0 Å². The van der Waals surface area contributed by atoms with Crippen LogP contribution >= 0.6 is 0 Å². The molecule has 23 heavy (non-hydrogen) atoms. The fourth-order valence-corrected chi connectivity index (χ4v) is 1.94. The SMILES string of the molecule is CCOC(=O)COCC(COCC(=O)OCC)c1ccccc1. The van der Waals surface area contributed by atoms with Gasteiger partial charge in [0.1, 0.15) is 13.2 Å². The van der Waals surface area contributed by atoms with Crippen LogP contribution in [0.4, 0.5) is 0 Å². The van der Waals surface area contributed by atoms with Crippen LogP contribution in [0, 0.1) is 0 Å². The first-order valence-electron chi connectivity index (χ1n) is 7.69. The summed E-state index contributed by atoms with van der Waals surface area (Å²) in [6.07, 6.45) is 0. The summed E-state index contributed by atoms with van der Waals surface area (Å²) in [7, 11) is 0. The molecule has 0 N–H and O–H groups in total. The van der Waals surface area contributed by atoms with Gasteiger partial charge in [-0.3, -0.25) is 0 Å². The van der Waals surface area contributed by atoms with Crippen molar-refractivity contribution in [3.05, 3.63) is 35.9 Å². The van der Waals surface area contributed by atoms with E-state index in [0.717, 1.165) is 5.56 Å². The van der Waals surface area contributed by atoms with Gasteiger partial charge in [-0.1, -0.05) is 30.3 Å². The largest absolute Gasteiger partial charge is 0.464 e. The van der Waals surface area contributed by atoms with E-state index in [1.807, 2.05) is 30.3 Å². The zero-order valence-electron chi connectivity index (χ0n) is 13.7. The van der Waals surface area contributed by atoms with Crippen LogP contribution in [0.1, 0.15) is 25.3 Å². The summed E-state index contributed by atoms with van der Waals surface area (Å²) >= 11 is 0. The van der Waals surface area contributed by atoms with E-state index in [-0.39, 0.29) is 19.1 Å². The average Bonchev–Trinajstić information content (AvgIpc) is 2.55. The van der Waals surface area contributed by atoms with Crippen molar-refractivity contribution in [3.8, 4) is 0 Å². The van der Waals surface area contributed by atoms with Gasteiger partial charge in [-0.25, -0.2) is 9.59 Å². The first-order valence-corrected chi connectivity index (χ1v) is 7.69. The standard InChI is InChI=1S/C17H24O6/c1-3-22-16(18)12-20-10-15(14-8-6-5-7-9-14)11-21-13-17(19)23-4-2/h5-9,15H,3-4,10-13H2,1-2H3. The minimum absolute atomic E-state index is 0.0833. The monoisotopic (exact) mass is 324 g/mol. The summed E-state index contributed by atoms with van der Waals surface area (Å²) < 4.78 is 20.4. The second kappa shape index (κ2) is 11.6. The second-order valence-electron chi connectivity index (χ2n) is 4.75. The summed E-state index contributed by atoms with van der Waals surface area (Å²) in [5.74, 6) is -0.876. The first-order chi connectivity index (χ1) is 11.2. The Hall–Kier alpha value is -1.92. The molecule has 0 saturated heterocycles. The molecule has 0 aliphatic rings. The van der Waals surface area contributed by atoms with Crippen molar-refractivity contribution in [2.75, 3.05) is 39.6 Å². The van der Waals surface area contributed by atoms with Crippen molar-refractivity contribution in [3.63, 3.8) is 0 Å². The Bertz CT molecular complexity index is 435. The number of carbonyl (C=O) groups excluding carboxylic acids is 2. The van der Waals surface area contributed by atoms with Crippen LogP contribution in [0.15, 0.2) is 30.3 Å². The minimum Gasteiger partial charge on any atom is -0.464 e. The van der Waals surface area contributed by atoms with E-state index in [9.17, 15) is 9.59 Å². The topological polar surface area (TPSA) is 71.1 Å². The molecule has 0 aliphatic heterocycles. The van der Waals surface area contributed by atoms with Gasteiger partial charge in [0.05, 0.1) is 26.4 Å². The maximum Gasteiger partial charge on any atom is 0.332 e. The Kier molecular flexibility index (Phi) is 9.66. The molecule has 0 atom stereocenters. The number of rotatable bonds is 11. The highest BCUT2D eigenvalue weighted by Gasteiger charge is 2.14.